The topological polar surface area (TPSA) is 48.3 Å². The van der Waals surface area contributed by atoms with E-state index in [1.807, 2.05) is 19.2 Å². The van der Waals surface area contributed by atoms with Crippen LogP contribution in [0.4, 0.5) is 4.39 Å². The van der Waals surface area contributed by atoms with Crippen molar-refractivity contribution in [3.05, 3.63) is 65.0 Å². The lowest BCUT2D eigenvalue weighted by molar-refractivity contribution is -0.917. The highest BCUT2D eigenvalue weighted by Gasteiger charge is 2.12. The van der Waals surface area contributed by atoms with E-state index >= 15 is 0 Å². The van der Waals surface area contributed by atoms with E-state index in [9.17, 15) is 4.39 Å². The van der Waals surface area contributed by atoms with Crippen molar-refractivity contribution in [3.63, 3.8) is 0 Å². The molecule has 118 valence electrons. The number of benzene rings is 1. The highest BCUT2D eigenvalue weighted by molar-refractivity contribution is 7.71. The molecule has 0 spiro atoms. The van der Waals surface area contributed by atoms with E-state index in [0.717, 1.165) is 22.6 Å². The van der Waals surface area contributed by atoms with Crippen LogP contribution in [0.5, 0.6) is 0 Å². The molecule has 5 nitrogen and oxygen atoms in total. The summed E-state index contributed by atoms with van der Waals surface area (Å²) in [6, 6.07) is 10.2. The lowest BCUT2D eigenvalue weighted by Crippen LogP contribution is -3.07. The summed E-state index contributed by atoms with van der Waals surface area (Å²) in [6.07, 6.45) is 3.37. The molecular weight excluding hydrogens is 315 g/mol. The summed E-state index contributed by atoms with van der Waals surface area (Å²) in [5.41, 5.74) is 1.83. The SMILES string of the molecule is C[NH+](Cc1ccc(F)cc1)Cn1nc(-c2cccnc2)oc1=S. The Hall–Kier alpha value is -2.38. The molecule has 23 heavy (non-hydrogen) atoms. The summed E-state index contributed by atoms with van der Waals surface area (Å²) in [4.78, 5) is 5.52. The summed E-state index contributed by atoms with van der Waals surface area (Å²) >= 11 is 5.22. The highest BCUT2D eigenvalue weighted by atomic mass is 32.1. The lowest BCUT2D eigenvalue weighted by Gasteiger charge is -2.13. The van der Waals surface area contributed by atoms with E-state index < -0.39 is 0 Å². The third-order valence-electron chi connectivity index (χ3n) is 3.35. The number of aromatic nitrogens is 3. The van der Waals surface area contributed by atoms with Crippen molar-refractivity contribution in [1.29, 1.82) is 0 Å². The standard InChI is InChI=1S/C16H15FN4OS/c1-20(10-12-4-6-14(17)7-5-12)11-21-16(23)22-15(19-21)13-3-2-8-18-9-13/h2-9H,10-11H2,1H3/p+1. The van der Waals surface area contributed by atoms with Crippen LogP contribution in [0.25, 0.3) is 11.5 Å². The number of pyridine rings is 1. The molecule has 0 aliphatic rings. The van der Waals surface area contributed by atoms with Gasteiger partial charge in [0, 0.05) is 18.0 Å². The fourth-order valence-electron chi connectivity index (χ4n) is 2.27. The number of rotatable bonds is 5. The van der Waals surface area contributed by atoms with Gasteiger partial charge >= 0.3 is 0 Å². The van der Waals surface area contributed by atoms with Crippen molar-refractivity contribution < 1.29 is 13.7 Å². The molecule has 2 heterocycles. The molecule has 3 rings (SSSR count). The molecule has 2 aromatic heterocycles. The smallest absolute Gasteiger partial charge is 0.292 e. The van der Waals surface area contributed by atoms with Crippen molar-refractivity contribution >= 4 is 12.2 Å². The van der Waals surface area contributed by atoms with E-state index in [2.05, 4.69) is 10.1 Å². The largest absolute Gasteiger partial charge is 0.409 e. The molecular formula is C16H16FN4OS+. The first kappa shape index (κ1) is 15.5. The average Bonchev–Trinajstić information content (AvgIpc) is 2.91. The summed E-state index contributed by atoms with van der Waals surface area (Å²) < 4.78 is 20.1. The van der Waals surface area contributed by atoms with Gasteiger partial charge in [0.25, 0.3) is 4.84 Å². The Labute approximate surface area is 138 Å². The van der Waals surface area contributed by atoms with Crippen LogP contribution in [-0.4, -0.2) is 21.8 Å². The predicted molar refractivity (Wildman–Crippen MR) is 85.5 cm³/mol. The molecule has 3 aromatic rings. The minimum absolute atomic E-state index is 0.230. The van der Waals surface area contributed by atoms with Gasteiger partial charge in [-0.2, -0.15) is 4.68 Å². The van der Waals surface area contributed by atoms with Crippen LogP contribution >= 0.6 is 12.2 Å². The molecule has 1 N–H and O–H groups in total. The van der Waals surface area contributed by atoms with E-state index in [1.165, 1.54) is 12.1 Å². The summed E-state index contributed by atoms with van der Waals surface area (Å²) in [5, 5.41) is 4.40. The van der Waals surface area contributed by atoms with Crippen molar-refractivity contribution in [2.45, 2.75) is 13.2 Å². The predicted octanol–water partition coefficient (Wildman–Crippen LogP) is 2.08. The van der Waals surface area contributed by atoms with Crippen molar-refractivity contribution in [3.8, 4) is 11.5 Å². The fraction of sp³-hybridized carbons (Fsp3) is 0.188. The van der Waals surface area contributed by atoms with Crippen molar-refractivity contribution in [1.82, 2.24) is 14.8 Å². The Morgan fingerprint density at radius 2 is 2.04 bits per heavy atom. The van der Waals surface area contributed by atoms with Gasteiger partial charge in [-0.05, 0) is 36.5 Å². The molecule has 0 aliphatic heterocycles. The second kappa shape index (κ2) is 6.80. The van der Waals surface area contributed by atoms with Crippen LogP contribution in [0.15, 0.2) is 53.2 Å². The Balaban J connectivity index is 1.71. The molecule has 1 atom stereocenters. The molecule has 0 radical (unpaired) electrons. The van der Waals surface area contributed by atoms with E-state index in [0.29, 0.717) is 17.4 Å². The van der Waals surface area contributed by atoms with Gasteiger partial charge in [0.1, 0.15) is 12.4 Å². The highest BCUT2D eigenvalue weighted by Crippen LogP contribution is 2.15. The van der Waals surface area contributed by atoms with Gasteiger partial charge in [-0.3, -0.25) is 4.98 Å². The summed E-state index contributed by atoms with van der Waals surface area (Å²) in [7, 11) is 2.02. The maximum atomic E-state index is 12.9. The zero-order chi connectivity index (χ0) is 16.2. The minimum Gasteiger partial charge on any atom is -0.409 e. The van der Waals surface area contributed by atoms with Gasteiger partial charge in [-0.15, -0.1) is 5.10 Å². The maximum absolute atomic E-state index is 12.9. The van der Waals surface area contributed by atoms with E-state index in [1.54, 1.807) is 29.2 Å². The average molecular weight is 331 g/mol. The molecule has 7 heteroatoms. The molecule has 1 unspecified atom stereocenters. The Morgan fingerprint density at radius 3 is 2.74 bits per heavy atom. The quantitative estimate of drug-likeness (QED) is 0.727. The summed E-state index contributed by atoms with van der Waals surface area (Å²) in [5.74, 6) is 0.226. The maximum Gasteiger partial charge on any atom is 0.292 e. The Bertz CT molecular complexity index is 829. The van der Waals surface area contributed by atoms with Gasteiger partial charge < -0.3 is 9.32 Å². The second-order valence-electron chi connectivity index (χ2n) is 5.33. The van der Waals surface area contributed by atoms with Gasteiger partial charge in [-0.25, -0.2) is 4.39 Å². The van der Waals surface area contributed by atoms with Crippen LogP contribution in [0.2, 0.25) is 0 Å². The Kier molecular flexibility index (Phi) is 4.59. The Morgan fingerprint density at radius 1 is 1.26 bits per heavy atom. The zero-order valence-corrected chi connectivity index (χ0v) is 13.4. The number of quaternary nitrogens is 1. The molecule has 1 aromatic carbocycles. The third-order valence-corrected chi connectivity index (χ3v) is 3.65. The normalized spacial score (nSPS) is 12.3. The van der Waals surface area contributed by atoms with Crippen LogP contribution in [-0.2, 0) is 13.2 Å². The van der Waals surface area contributed by atoms with Gasteiger partial charge in [0.05, 0.1) is 12.6 Å². The molecule has 0 amide bonds. The van der Waals surface area contributed by atoms with Crippen LogP contribution in [0, 0.1) is 10.7 Å². The van der Waals surface area contributed by atoms with E-state index in [4.69, 9.17) is 16.6 Å². The second-order valence-corrected chi connectivity index (χ2v) is 5.68. The molecule has 0 saturated heterocycles. The first-order valence-electron chi connectivity index (χ1n) is 7.16. The van der Waals surface area contributed by atoms with Gasteiger partial charge in [-0.1, -0.05) is 12.1 Å². The molecule has 0 bridgehead atoms. The number of nitrogens with zero attached hydrogens (tertiary/aromatic N) is 3. The van der Waals surface area contributed by atoms with Crippen LogP contribution in [0.1, 0.15) is 5.56 Å². The number of hydrogen-bond donors (Lipinski definition) is 1. The molecule has 0 fully saturated rings. The number of halogens is 1. The van der Waals surface area contributed by atoms with Crippen LogP contribution < -0.4 is 4.90 Å². The van der Waals surface area contributed by atoms with Gasteiger partial charge in [0.2, 0.25) is 5.89 Å². The monoisotopic (exact) mass is 331 g/mol. The molecule has 0 saturated carbocycles. The number of hydrogen-bond acceptors (Lipinski definition) is 4. The minimum atomic E-state index is -0.230. The summed E-state index contributed by atoms with van der Waals surface area (Å²) in [6.45, 7) is 1.29. The zero-order valence-electron chi connectivity index (χ0n) is 12.6. The molecule has 0 aliphatic carbocycles. The third kappa shape index (κ3) is 3.88. The van der Waals surface area contributed by atoms with Gasteiger partial charge in [0.15, 0.2) is 6.67 Å². The van der Waals surface area contributed by atoms with E-state index in [-0.39, 0.29) is 5.82 Å². The first-order valence-corrected chi connectivity index (χ1v) is 7.57. The van der Waals surface area contributed by atoms with Crippen molar-refractivity contribution in [2.24, 2.45) is 0 Å². The fourth-order valence-corrected chi connectivity index (χ4v) is 2.46. The van der Waals surface area contributed by atoms with Crippen LogP contribution in [0.3, 0.4) is 0 Å². The first-order chi connectivity index (χ1) is 11.1. The lowest BCUT2D eigenvalue weighted by atomic mass is 10.2. The number of nitrogens with one attached hydrogen (secondary N) is 1. The van der Waals surface area contributed by atoms with Crippen molar-refractivity contribution in [2.75, 3.05) is 7.05 Å².